The number of rotatable bonds is 3. The van der Waals surface area contributed by atoms with Gasteiger partial charge in [-0.2, -0.15) is 0 Å². The summed E-state index contributed by atoms with van der Waals surface area (Å²) in [6, 6.07) is 3.68. The van der Waals surface area contributed by atoms with Crippen molar-refractivity contribution in [3.63, 3.8) is 0 Å². The minimum Gasteiger partial charge on any atom is -0.477 e. The van der Waals surface area contributed by atoms with Gasteiger partial charge in [-0.05, 0) is 37.0 Å². The van der Waals surface area contributed by atoms with Crippen molar-refractivity contribution in [1.82, 2.24) is 14.9 Å². The fourth-order valence-electron chi connectivity index (χ4n) is 3.38. The number of carbonyl (C=O) groups is 2. The standard InChI is InChI=1S/C19H19N3O4/c1-11-4-7-22(8-5-11)18-15(19(24)25)16(23)14(26-18)9-12-10-21-17-13(12)3-2-6-20-17/h2-3,6,9-11H,4-5,7-8H2,1H3,(H,20,21)(H,24,25)/b14-9-. The molecular weight excluding hydrogens is 334 g/mol. The maximum atomic E-state index is 12.6. The van der Waals surface area contributed by atoms with Crippen LogP contribution in [0.2, 0.25) is 0 Å². The fourth-order valence-corrected chi connectivity index (χ4v) is 3.38. The Morgan fingerprint density at radius 3 is 2.92 bits per heavy atom. The van der Waals surface area contributed by atoms with Crippen molar-refractivity contribution in [2.45, 2.75) is 19.8 Å². The largest absolute Gasteiger partial charge is 0.477 e. The second-order valence-electron chi connectivity index (χ2n) is 6.74. The van der Waals surface area contributed by atoms with Gasteiger partial charge in [0.25, 0.3) is 0 Å². The number of ether oxygens (including phenoxy) is 1. The molecule has 7 nitrogen and oxygen atoms in total. The fraction of sp³-hybridized carbons (Fsp3) is 0.316. The third-order valence-electron chi connectivity index (χ3n) is 4.93. The molecule has 134 valence electrons. The van der Waals surface area contributed by atoms with Crippen molar-refractivity contribution < 1.29 is 19.4 Å². The Balaban J connectivity index is 1.68. The molecule has 2 aromatic heterocycles. The molecule has 2 aliphatic heterocycles. The first-order valence-electron chi connectivity index (χ1n) is 8.63. The molecule has 0 amide bonds. The number of likely N-dealkylation sites (tertiary alicyclic amines) is 1. The number of hydrogen-bond donors (Lipinski definition) is 2. The van der Waals surface area contributed by atoms with E-state index in [9.17, 15) is 14.7 Å². The lowest BCUT2D eigenvalue weighted by molar-refractivity contribution is -0.134. The van der Waals surface area contributed by atoms with Crippen LogP contribution in [0.25, 0.3) is 17.1 Å². The lowest BCUT2D eigenvalue weighted by atomic mass is 9.99. The molecule has 26 heavy (non-hydrogen) atoms. The molecule has 0 aliphatic carbocycles. The molecule has 0 aromatic carbocycles. The smallest absolute Gasteiger partial charge is 0.345 e. The maximum Gasteiger partial charge on any atom is 0.345 e. The van der Waals surface area contributed by atoms with E-state index in [-0.39, 0.29) is 17.2 Å². The van der Waals surface area contributed by atoms with Gasteiger partial charge in [0.1, 0.15) is 5.65 Å². The quantitative estimate of drug-likeness (QED) is 0.650. The number of carboxylic acid groups (broad SMARTS) is 1. The van der Waals surface area contributed by atoms with Gasteiger partial charge in [-0.15, -0.1) is 0 Å². The molecule has 0 atom stereocenters. The Labute approximate surface area is 150 Å². The molecule has 4 heterocycles. The van der Waals surface area contributed by atoms with Gasteiger partial charge in [-0.1, -0.05) is 6.92 Å². The van der Waals surface area contributed by atoms with Crippen LogP contribution < -0.4 is 0 Å². The molecule has 4 rings (SSSR count). The number of aliphatic carboxylic acids is 1. The zero-order valence-corrected chi connectivity index (χ0v) is 14.4. The Morgan fingerprint density at radius 2 is 2.19 bits per heavy atom. The number of nitrogens with zero attached hydrogens (tertiary/aromatic N) is 2. The van der Waals surface area contributed by atoms with E-state index in [1.807, 2.05) is 11.0 Å². The highest BCUT2D eigenvalue weighted by Gasteiger charge is 2.39. The SMILES string of the molecule is CC1CCN(C2=C(C(=O)O)C(=O)/C(=C/c3c[nH]c4ncccc34)O2)CC1. The van der Waals surface area contributed by atoms with Gasteiger partial charge in [0.05, 0.1) is 0 Å². The van der Waals surface area contributed by atoms with E-state index < -0.39 is 11.8 Å². The Bertz CT molecular complexity index is 949. The van der Waals surface area contributed by atoms with Crippen molar-refractivity contribution in [2.24, 2.45) is 5.92 Å². The summed E-state index contributed by atoms with van der Waals surface area (Å²) in [5, 5.41) is 10.4. The number of Topliss-reactive ketones (excluding diaryl/α,β-unsaturated/α-hetero) is 1. The van der Waals surface area contributed by atoms with E-state index in [1.165, 1.54) is 0 Å². The average molecular weight is 353 g/mol. The van der Waals surface area contributed by atoms with Gasteiger partial charge in [0.2, 0.25) is 11.7 Å². The Morgan fingerprint density at radius 1 is 1.42 bits per heavy atom. The summed E-state index contributed by atoms with van der Waals surface area (Å²) in [6.45, 7) is 3.54. The number of H-pyrrole nitrogens is 1. The highest BCUT2D eigenvalue weighted by atomic mass is 16.5. The number of allylic oxidation sites excluding steroid dienone is 1. The number of ketones is 1. The third kappa shape index (κ3) is 2.75. The van der Waals surface area contributed by atoms with Crippen LogP contribution in [0.1, 0.15) is 25.3 Å². The minimum atomic E-state index is -1.26. The van der Waals surface area contributed by atoms with Crippen LogP contribution in [0.5, 0.6) is 0 Å². The van der Waals surface area contributed by atoms with Crippen LogP contribution >= 0.6 is 0 Å². The lowest BCUT2D eigenvalue weighted by Gasteiger charge is -2.31. The Hall–Kier alpha value is -3.09. The van der Waals surface area contributed by atoms with E-state index in [0.717, 1.165) is 23.8 Å². The molecule has 7 heteroatoms. The van der Waals surface area contributed by atoms with Crippen molar-refractivity contribution in [2.75, 3.05) is 13.1 Å². The molecule has 0 spiro atoms. The van der Waals surface area contributed by atoms with E-state index >= 15 is 0 Å². The Kier molecular flexibility index (Phi) is 3.99. The molecule has 0 radical (unpaired) electrons. The van der Waals surface area contributed by atoms with Crippen LogP contribution in [-0.4, -0.2) is 44.8 Å². The molecule has 1 saturated heterocycles. The summed E-state index contributed by atoms with van der Waals surface area (Å²) >= 11 is 0. The number of aromatic nitrogens is 2. The van der Waals surface area contributed by atoms with Gasteiger partial charge in [0.15, 0.2) is 11.3 Å². The zero-order valence-electron chi connectivity index (χ0n) is 14.4. The number of nitrogens with one attached hydrogen (secondary N) is 1. The topological polar surface area (TPSA) is 95.5 Å². The number of fused-ring (bicyclic) bond motifs is 1. The molecule has 2 N–H and O–H groups in total. The van der Waals surface area contributed by atoms with Crippen molar-refractivity contribution in [3.8, 4) is 0 Å². The van der Waals surface area contributed by atoms with E-state index in [1.54, 1.807) is 24.5 Å². The van der Waals surface area contributed by atoms with Crippen LogP contribution in [-0.2, 0) is 14.3 Å². The minimum absolute atomic E-state index is 0.0285. The molecule has 2 aliphatic rings. The number of hydrogen-bond acceptors (Lipinski definition) is 5. The summed E-state index contributed by atoms with van der Waals surface area (Å²) in [6.07, 6.45) is 6.86. The number of carbonyl (C=O) groups excluding carboxylic acids is 1. The monoisotopic (exact) mass is 353 g/mol. The number of piperidine rings is 1. The van der Waals surface area contributed by atoms with Crippen LogP contribution in [0, 0.1) is 5.92 Å². The second kappa shape index (κ2) is 6.33. The number of carboxylic acids is 1. The van der Waals surface area contributed by atoms with Gasteiger partial charge >= 0.3 is 5.97 Å². The van der Waals surface area contributed by atoms with Gasteiger partial charge < -0.3 is 19.7 Å². The van der Waals surface area contributed by atoms with Gasteiger partial charge in [-0.25, -0.2) is 9.78 Å². The van der Waals surface area contributed by atoms with Crippen molar-refractivity contribution in [3.05, 3.63) is 47.3 Å². The predicted molar refractivity (Wildman–Crippen MR) is 94.8 cm³/mol. The summed E-state index contributed by atoms with van der Waals surface area (Å²) < 4.78 is 5.75. The van der Waals surface area contributed by atoms with Gasteiger partial charge in [0, 0.05) is 36.4 Å². The number of pyridine rings is 1. The maximum absolute atomic E-state index is 12.6. The first-order chi connectivity index (χ1) is 12.5. The summed E-state index contributed by atoms with van der Waals surface area (Å²) in [5.74, 6) is -1.07. The van der Waals surface area contributed by atoms with Crippen LogP contribution in [0.4, 0.5) is 0 Å². The highest BCUT2D eigenvalue weighted by Crippen LogP contribution is 2.32. The van der Waals surface area contributed by atoms with E-state index in [0.29, 0.717) is 24.7 Å². The second-order valence-corrected chi connectivity index (χ2v) is 6.74. The van der Waals surface area contributed by atoms with E-state index in [4.69, 9.17) is 4.74 Å². The summed E-state index contributed by atoms with van der Waals surface area (Å²) in [7, 11) is 0. The third-order valence-corrected chi connectivity index (χ3v) is 4.93. The molecule has 1 fully saturated rings. The highest BCUT2D eigenvalue weighted by molar-refractivity contribution is 6.26. The normalized spacial score (nSPS) is 20.3. The zero-order chi connectivity index (χ0) is 18.3. The van der Waals surface area contributed by atoms with Crippen LogP contribution in [0.15, 0.2) is 41.7 Å². The van der Waals surface area contributed by atoms with Gasteiger partial charge in [-0.3, -0.25) is 4.79 Å². The first-order valence-corrected chi connectivity index (χ1v) is 8.63. The molecule has 0 bridgehead atoms. The molecule has 0 saturated carbocycles. The average Bonchev–Trinajstić information content (AvgIpc) is 3.18. The molecular formula is C19H19N3O4. The van der Waals surface area contributed by atoms with Crippen molar-refractivity contribution in [1.29, 1.82) is 0 Å². The first kappa shape index (κ1) is 16.4. The van der Waals surface area contributed by atoms with E-state index in [2.05, 4.69) is 16.9 Å². The summed E-state index contributed by atoms with van der Waals surface area (Å²) in [5.41, 5.74) is 1.14. The molecule has 2 aromatic rings. The lowest BCUT2D eigenvalue weighted by Crippen LogP contribution is -2.33. The summed E-state index contributed by atoms with van der Waals surface area (Å²) in [4.78, 5) is 33.4. The van der Waals surface area contributed by atoms with Crippen LogP contribution in [0.3, 0.4) is 0 Å². The molecule has 0 unspecified atom stereocenters. The van der Waals surface area contributed by atoms with Crippen molar-refractivity contribution >= 4 is 28.9 Å². The number of aromatic amines is 1. The predicted octanol–water partition coefficient (Wildman–Crippen LogP) is 2.53.